The molecule has 3 rings (SSSR count). The fraction of sp³-hybridized carbons (Fsp3) is 0.278. The summed E-state index contributed by atoms with van der Waals surface area (Å²) in [6, 6.07) is 8.75. The van der Waals surface area contributed by atoms with Crippen molar-refractivity contribution in [2.45, 2.75) is 13.3 Å². The van der Waals surface area contributed by atoms with Crippen molar-refractivity contribution < 1.29 is 14.3 Å². The number of nitrogens with one attached hydrogen (secondary N) is 2. The molecule has 0 aliphatic carbocycles. The van der Waals surface area contributed by atoms with Gasteiger partial charge in [0.05, 0.1) is 18.7 Å². The second kappa shape index (κ2) is 6.80. The van der Waals surface area contributed by atoms with Gasteiger partial charge in [-0.25, -0.2) is 0 Å². The molecule has 1 atom stereocenters. The summed E-state index contributed by atoms with van der Waals surface area (Å²) in [6.07, 6.45) is 1.60. The SMILES string of the molecule is COc1ccc(N2CC(C(=O)Nc3c[nH]c(=O)c(C)c3)CC2=O)cc1. The van der Waals surface area contributed by atoms with Gasteiger partial charge in [0.15, 0.2) is 0 Å². The highest BCUT2D eigenvalue weighted by Crippen LogP contribution is 2.27. The molecular formula is C18H19N3O4. The van der Waals surface area contributed by atoms with Crippen LogP contribution in [-0.2, 0) is 9.59 Å². The molecular weight excluding hydrogens is 322 g/mol. The number of aryl methyl sites for hydroxylation is 1. The van der Waals surface area contributed by atoms with Crippen LogP contribution in [-0.4, -0.2) is 30.5 Å². The highest BCUT2D eigenvalue weighted by molar-refractivity contribution is 6.03. The average Bonchev–Trinajstić information content (AvgIpc) is 3.00. The molecule has 1 aromatic heterocycles. The summed E-state index contributed by atoms with van der Waals surface area (Å²) in [5.41, 5.74) is 1.57. The number of aromatic amines is 1. The zero-order valence-electron chi connectivity index (χ0n) is 14.0. The first-order valence-electron chi connectivity index (χ1n) is 7.92. The molecule has 0 bridgehead atoms. The van der Waals surface area contributed by atoms with Crippen LogP contribution in [0.25, 0.3) is 0 Å². The largest absolute Gasteiger partial charge is 0.497 e. The number of aromatic nitrogens is 1. The number of nitrogens with zero attached hydrogens (tertiary/aromatic N) is 1. The third kappa shape index (κ3) is 3.55. The van der Waals surface area contributed by atoms with Gasteiger partial charge in [-0.15, -0.1) is 0 Å². The van der Waals surface area contributed by atoms with Crippen molar-refractivity contribution in [3.05, 3.63) is 52.4 Å². The lowest BCUT2D eigenvalue weighted by atomic mass is 10.1. The van der Waals surface area contributed by atoms with Crippen LogP contribution in [0.15, 0.2) is 41.3 Å². The molecule has 1 aliphatic rings. The number of methoxy groups -OCH3 is 1. The summed E-state index contributed by atoms with van der Waals surface area (Å²) in [7, 11) is 1.58. The lowest BCUT2D eigenvalue weighted by Gasteiger charge is -2.17. The summed E-state index contributed by atoms with van der Waals surface area (Å²) in [5, 5.41) is 2.75. The van der Waals surface area contributed by atoms with Crippen LogP contribution in [0.1, 0.15) is 12.0 Å². The first kappa shape index (κ1) is 16.8. The van der Waals surface area contributed by atoms with E-state index in [1.807, 2.05) is 0 Å². The Bertz CT molecular complexity index is 857. The van der Waals surface area contributed by atoms with Crippen LogP contribution >= 0.6 is 0 Å². The maximum absolute atomic E-state index is 12.4. The maximum atomic E-state index is 12.4. The summed E-state index contributed by atoms with van der Waals surface area (Å²) >= 11 is 0. The van der Waals surface area contributed by atoms with Gasteiger partial charge in [-0.3, -0.25) is 14.4 Å². The van der Waals surface area contributed by atoms with E-state index in [0.29, 0.717) is 23.5 Å². The van der Waals surface area contributed by atoms with E-state index in [9.17, 15) is 14.4 Å². The van der Waals surface area contributed by atoms with Crippen LogP contribution < -0.4 is 20.5 Å². The van der Waals surface area contributed by atoms with Gasteiger partial charge in [0.2, 0.25) is 11.8 Å². The average molecular weight is 341 g/mol. The Kier molecular flexibility index (Phi) is 4.56. The lowest BCUT2D eigenvalue weighted by molar-refractivity contribution is -0.122. The summed E-state index contributed by atoms with van der Waals surface area (Å²) in [4.78, 5) is 40.2. The Hall–Kier alpha value is -3.09. The van der Waals surface area contributed by atoms with Crippen LogP contribution in [0.3, 0.4) is 0 Å². The van der Waals surface area contributed by atoms with Gasteiger partial charge in [0, 0.05) is 30.4 Å². The van der Waals surface area contributed by atoms with Crippen LogP contribution in [0.5, 0.6) is 5.75 Å². The van der Waals surface area contributed by atoms with Gasteiger partial charge in [-0.1, -0.05) is 0 Å². The number of benzene rings is 1. The number of ether oxygens (including phenoxy) is 1. The van der Waals surface area contributed by atoms with Crippen molar-refractivity contribution in [2.24, 2.45) is 5.92 Å². The van der Waals surface area contributed by atoms with E-state index in [1.165, 1.54) is 6.20 Å². The number of rotatable bonds is 4. The number of carbonyl (C=O) groups excluding carboxylic acids is 2. The number of pyridine rings is 1. The fourth-order valence-electron chi connectivity index (χ4n) is 2.81. The standard InChI is InChI=1S/C18H19N3O4/c1-11-7-13(9-19-17(11)23)20-18(24)12-8-16(22)21(10-12)14-3-5-15(25-2)6-4-14/h3-7,9,12H,8,10H2,1-2H3,(H,19,23)(H,20,24). The molecule has 7 heteroatoms. The van der Waals surface area contributed by atoms with Gasteiger partial charge < -0.3 is 19.9 Å². The maximum Gasteiger partial charge on any atom is 0.250 e. The van der Waals surface area contributed by atoms with Crippen molar-refractivity contribution in [3.8, 4) is 5.75 Å². The number of amides is 2. The van der Waals surface area contributed by atoms with E-state index in [1.54, 1.807) is 49.3 Å². The number of carbonyl (C=O) groups is 2. The Morgan fingerprint density at radius 3 is 2.64 bits per heavy atom. The summed E-state index contributed by atoms with van der Waals surface area (Å²) in [5.74, 6) is -0.0706. The van der Waals surface area contributed by atoms with Gasteiger partial charge >= 0.3 is 0 Å². The zero-order chi connectivity index (χ0) is 18.0. The van der Waals surface area contributed by atoms with Crippen LogP contribution in [0.4, 0.5) is 11.4 Å². The third-order valence-corrected chi connectivity index (χ3v) is 4.24. The Morgan fingerprint density at radius 2 is 2.00 bits per heavy atom. The topological polar surface area (TPSA) is 91.5 Å². The lowest BCUT2D eigenvalue weighted by Crippen LogP contribution is -2.28. The van der Waals surface area contributed by atoms with E-state index >= 15 is 0 Å². The predicted molar refractivity (Wildman–Crippen MR) is 93.9 cm³/mol. The summed E-state index contributed by atoms with van der Waals surface area (Å²) < 4.78 is 5.11. The van der Waals surface area contributed by atoms with Crippen LogP contribution in [0, 0.1) is 12.8 Å². The van der Waals surface area contributed by atoms with E-state index < -0.39 is 5.92 Å². The van der Waals surface area contributed by atoms with Gasteiger partial charge in [0.1, 0.15) is 5.75 Å². The first-order chi connectivity index (χ1) is 12.0. The van der Waals surface area contributed by atoms with Crippen molar-refractivity contribution in [2.75, 3.05) is 23.9 Å². The van der Waals surface area contributed by atoms with Gasteiger partial charge in [-0.2, -0.15) is 0 Å². The molecule has 7 nitrogen and oxygen atoms in total. The second-order valence-electron chi connectivity index (χ2n) is 5.99. The third-order valence-electron chi connectivity index (χ3n) is 4.24. The minimum atomic E-state index is -0.443. The summed E-state index contributed by atoms with van der Waals surface area (Å²) in [6.45, 7) is 1.98. The van der Waals surface area contributed by atoms with Gasteiger partial charge in [0.25, 0.3) is 5.56 Å². The molecule has 0 spiro atoms. The number of H-pyrrole nitrogens is 1. The number of hydrogen-bond donors (Lipinski definition) is 2. The van der Waals surface area contributed by atoms with E-state index in [2.05, 4.69) is 10.3 Å². The van der Waals surface area contributed by atoms with Crippen LogP contribution in [0.2, 0.25) is 0 Å². The molecule has 1 fully saturated rings. The van der Waals surface area contributed by atoms with E-state index in [-0.39, 0.29) is 23.8 Å². The molecule has 0 radical (unpaired) electrons. The Balaban J connectivity index is 1.69. The first-order valence-corrected chi connectivity index (χ1v) is 7.92. The quantitative estimate of drug-likeness (QED) is 0.885. The van der Waals surface area contributed by atoms with Crippen molar-refractivity contribution >= 4 is 23.2 Å². The van der Waals surface area contributed by atoms with Crippen molar-refractivity contribution in [3.63, 3.8) is 0 Å². The number of anilines is 2. The molecule has 0 saturated carbocycles. The minimum Gasteiger partial charge on any atom is -0.497 e. The van der Waals surface area contributed by atoms with E-state index in [4.69, 9.17) is 4.74 Å². The Morgan fingerprint density at radius 1 is 1.28 bits per heavy atom. The zero-order valence-corrected chi connectivity index (χ0v) is 14.0. The fourth-order valence-corrected chi connectivity index (χ4v) is 2.81. The van der Waals surface area contributed by atoms with Crippen molar-refractivity contribution in [1.29, 1.82) is 0 Å². The molecule has 1 aliphatic heterocycles. The molecule has 1 unspecified atom stereocenters. The molecule has 1 saturated heterocycles. The molecule has 130 valence electrons. The number of hydrogen-bond acceptors (Lipinski definition) is 4. The second-order valence-corrected chi connectivity index (χ2v) is 5.99. The molecule has 2 heterocycles. The highest BCUT2D eigenvalue weighted by atomic mass is 16.5. The normalized spacial score (nSPS) is 16.8. The van der Waals surface area contributed by atoms with E-state index in [0.717, 1.165) is 5.69 Å². The molecule has 2 N–H and O–H groups in total. The minimum absolute atomic E-state index is 0.0945. The smallest absolute Gasteiger partial charge is 0.250 e. The van der Waals surface area contributed by atoms with Gasteiger partial charge in [-0.05, 0) is 37.3 Å². The van der Waals surface area contributed by atoms with Crippen molar-refractivity contribution in [1.82, 2.24) is 4.98 Å². The Labute approximate surface area is 144 Å². The molecule has 25 heavy (non-hydrogen) atoms. The molecule has 1 aromatic carbocycles. The monoisotopic (exact) mass is 341 g/mol. The predicted octanol–water partition coefficient (Wildman–Crippen LogP) is 1.68. The molecule has 2 amide bonds. The highest BCUT2D eigenvalue weighted by Gasteiger charge is 2.35. The molecule has 2 aromatic rings.